The van der Waals surface area contributed by atoms with Crippen molar-refractivity contribution >= 4 is 41.5 Å². The summed E-state index contributed by atoms with van der Waals surface area (Å²) in [7, 11) is 3.34. The first-order valence-electron chi connectivity index (χ1n) is 10.8. The van der Waals surface area contributed by atoms with E-state index in [4.69, 9.17) is 9.15 Å². The lowest BCUT2D eigenvalue weighted by molar-refractivity contribution is -0.114. The summed E-state index contributed by atoms with van der Waals surface area (Å²) in [6.07, 6.45) is 5.46. The Kier molecular flexibility index (Phi) is 10.8. The van der Waals surface area contributed by atoms with Crippen molar-refractivity contribution < 1.29 is 13.9 Å². The molecule has 1 aliphatic rings. The predicted molar refractivity (Wildman–Crippen MR) is 138 cm³/mol. The first-order valence-corrected chi connectivity index (χ1v) is 10.8. The maximum absolute atomic E-state index is 11.5. The van der Waals surface area contributed by atoms with Gasteiger partial charge in [0, 0.05) is 27.1 Å². The van der Waals surface area contributed by atoms with E-state index in [9.17, 15) is 4.79 Å². The number of furan rings is 1. The molecule has 2 heterocycles. The van der Waals surface area contributed by atoms with Gasteiger partial charge in [-0.15, -0.1) is 24.0 Å². The number of nitrogens with one attached hydrogen (secondary N) is 3. The van der Waals surface area contributed by atoms with Crippen LogP contribution in [0.4, 0.5) is 5.69 Å². The molecule has 3 N–H and O–H groups in total. The summed E-state index contributed by atoms with van der Waals surface area (Å²) < 4.78 is 11.0. The highest BCUT2D eigenvalue weighted by Crippen LogP contribution is 2.26. The van der Waals surface area contributed by atoms with Crippen LogP contribution in [0.2, 0.25) is 0 Å². The van der Waals surface area contributed by atoms with Crippen LogP contribution in [0, 0.1) is 0 Å². The van der Waals surface area contributed by atoms with Crippen LogP contribution in [0.25, 0.3) is 0 Å². The van der Waals surface area contributed by atoms with E-state index >= 15 is 0 Å². The topological polar surface area (TPSA) is 91.1 Å². The van der Waals surface area contributed by atoms with E-state index in [1.807, 2.05) is 30.3 Å². The van der Waals surface area contributed by atoms with Gasteiger partial charge >= 0.3 is 0 Å². The fourth-order valence-corrected chi connectivity index (χ4v) is 3.87. The Labute approximate surface area is 207 Å². The first-order chi connectivity index (χ1) is 15.1. The third-order valence-corrected chi connectivity index (χ3v) is 5.42. The molecule has 1 atom stereocenters. The van der Waals surface area contributed by atoms with Gasteiger partial charge in [-0.25, -0.2) is 0 Å². The number of anilines is 1. The van der Waals surface area contributed by atoms with Crippen LogP contribution >= 0.6 is 24.0 Å². The molecule has 32 heavy (non-hydrogen) atoms. The van der Waals surface area contributed by atoms with E-state index in [0.29, 0.717) is 30.5 Å². The molecule has 2 aromatic rings. The molecular formula is C23H34IN5O3. The van der Waals surface area contributed by atoms with E-state index in [-0.39, 0.29) is 35.9 Å². The SMILES string of the molecule is CN=C(NCc1ccc(OC)c(NC(C)=O)c1)NCC(c1ccco1)N1CCCCC1.I. The average molecular weight is 555 g/mol. The molecule has 0 bridgehead atoms. The summed E-state index contributed by atoms with van der Waals surface area (Å²) >= 11 is 0. The third kappa shape index (κ3) is 7.40. The highest BCUT2D eigenvalue weighted by Gasteiger charge is 2.24. The number of nitrogens with zero attached hydrogens (tertiary/aromatic N) is 2. The van der Waals surface area contributed by atoms with Crippen LogP contribution in [-0.2, 0) is 11.3 Å². The Morgan fingerprint density at radius 1 is 1.22 bits per heavy atom. The summed E-state index contributed by atoms with van der Waals surface area (Å²) in [4.78, 5) is 18.3. The maximum Gasteiger partial charge on any atom is 0.221 e. The molecule has 1 saturated heterocycles. The van der Waals surface area contributed by atoms with Gasteiger partial charge in [0.2, 0.25) is 5.91 Å². The second-order valence-electron chi connectivity index (χ2n) is 7.65. The number of likely N-dealkylation sites (tertiary alicyclic amines) is 1. The molecule has 8 nitrogen and oxygen atoms in total. The number of halogens is 1. The van der Waals surface area contributed by atoms with Crippen molar-refractivity contribution in [2.24, 2.45) is 4.99 Å². The second-order valence-corrected chi connectivity index (χ2v) is 7.65. The highest BCUT2D eigenvalue weighted by atomic mass is 127. The van der Waals surface area contributed by atoms with Crippen LogP contribution in [0.3, 0.4) is 0 Å². The Hall–Kier alpha value is -2.27. The number of hydrogen-bond acceptors (Lipinski definition) is 5. The quantitative estimate of drug-likeness (QED) is 0.261. The van der Waals surface area contributed by atoms with Crippen LogP contribution in [0.5, 0.6) is 5.75 Å². The van der Waals surface area contributed by atoms with Crippen molar-refractivity contribution in [3.05, 3.63) is 47.9 Å². The summed E-state index contributed by atoms with van der Waals surface area (Å²) in [5, 5.41) is 9.59. The maximum atomic E-state index is 11.5. The lowest BCUT2D eigenvalue weighted by atomic mass is 10.1. The number of aliphatic imine (C=N–C) groups is 1. The van der Waals surface area contributed by atoms with Gasteiger partial charge in [0.05, 0.1) is 25.1 Å². The number of hydrogen-bond donors (Lipinski definition) is 3. The Bertz CT molecular complexity index is 867. The van der Waals surface area contributed by atoms with Gasteiger partial charge in [-0.3, -0.25) is 14.7 Å². The van der Waals surface area contributed by atoms with Gasteiger partial charge in [0.15, 0.2) is 5.96 Å². The normalized spacial score (nSPS) is 15.4. The average Bonchev–Trinajstić information content (AvgIpc) is 3.31. The van der Waals surface area contributed by atoms with Crippen molar-refractivity contribution in [2.75, 3.05) is 39.1 Å². The van der Waals surface area contributed by atoms with Crippen molar-refractivity contribution in [3.8, 4) is 5.75 Å². The van der Waals surface area contributed by atoms with Gasteiger partial charge in [0.25, 0.3) is 0 Å². The van der Waals surface area contributed by atoms with E-state index in [1.165, 1.54) is 26.2 Å². The molecule has 0 spiro atoms. The monoisotopic (exact) mass is 555 g/mol. The molecule has 1 aromatic heterocycles. The van der Waals surface area contributed by atoms with Crippen molar-refractivity contribution in [1.29, 1.82) is 0 Å². The number of guanidine groups is 1. The molecule has 1 amide bonds. The van der Waals surface area contributed by atoms with Crippen LogP contribution < -0.4 is 20.7 Å². The summed E-state index contributed by atoms with van der Waals surface area (Å²) in [6, 6.07) is 9.86. The fourth-order valence-electron chi connectivity index (χ4n) is 3.87. The lowest BCUT2D eigenvalue weighted by Crippen LogP contribution is -2.44. The van der Waals surface area contributed by atoms with Gasteiger partial charge in [-0.2, -0.15) is 0 Å². The number of benzene rings is 1. The van der Waals surface area contributed by atoms with Crippen LogP contribution in [-0.4, -0.2) is 50.6 Å². The van der Waals surface area contributed by atoms with E-state index in [2.05, 4.69) is 25.8 Å². The van der Waals surface area contributed by atoms with Gasteiger partial charge < -0.3 is 25.1 Å². The van der Waals surface area contributed by atoms with Gasteiger partial charge in [0.1, 0.15) is 11.5 Å². The Morgan fingerprint density at radius 3 is 2.62 bits per heavy atom. The van der Waals surface area contributed by atoms with E-state index in [0.717, 1.165) is 24.4 Å². The van der Waals surface area contributed by atoms with Gasteiger partial charge in [-0.05, 0) is 55.8 Å². The van der Waals surface area contributed by atoms with Crippen molar-refractivity contribution in [2.45, 2.75) is 38.8 Å². The molecule has 0 saturated carbocycles. The molecule has 1 unspecified atom stereocenters. The van der Waals surface area contributed by atoms with Crippen LogP contribution in [0.15, 0.2) is 46.0 Å². The minimum atomic E-state index is -0.137. The fraction of sp³-hybridized carbons (Fsp3) is 0.478. The van der Waals surface area contributed by atoms with Gasteiger partial charge in [-0.1, -0.05) is 12.5 Å². The third-order valence-electron chi connectivity index (χ3n) is 5.42. The number of methoxy groups -OCH3 is 1. The number of rotatable bonds is 8. The van der Waals surface area contributed by atoms with E-state index < -0.39 is 0 Å². The second kappa shape index (κ2) is 13.3. The Morgan fingerprint density at radius 2 is 2.00 bits per heavy atom. The zero-order chi connectivity index (χ0) is 22.1. The van der Waals surface area contributed by atoms with E-state index in [1.54, 1.807) is 20.4 Å². The molecule has 9 heteroatoms. The molecule has 0 radical (unpaired) electrons. The first kappa shape index (κ1) is 26.0. The molecule has 0 aliphatic carbocycles. The lowest BCUT2D eigenvalue weighted by Gasteiger charge is -2.33. The number of ether oxygens (including phenoxy) is 1. The standard InChI is InChI=1S/C23H33N5O3.HI/c1-17(29)27-19-14-18(9-10-21(19)30-3)15-25-23(24-2)26-16-20(22-8-7-13-31-22)28-11-5-4-6-12-28;/h7-10,13-14,20H,4-6,11-12,15-16H2,1-3H3,(H,27,29)(H2,24,25,26);1H. The Balaban J connectivity index is 0.00000363. The molecule has 1 aliphatic heterocycles. The summed E-state index contributed by atoms with van der Waals surface area (Å²) in [5.74, 6) is 2.18. The predicted octanol–water partition coefficient (Wildman–Crippen LogP) is 3.76. The smallest absolute Gasteiger partial charge is 0.221 e. The zero-order valence-corrected chi connectivity index (χ0v) is 21.3. The molecule has 1 aromatic carbocycles. The van der Waals surface area contributed by atoms with Crippen molar-refractivity contribution in [3.63, 3.8) is 0 Å². The summed E-state index contributed by atoms with van der Waals surface area (Å²) in [6.45, 7) is 4.90. The van der Waals surface area contributed by atoms with Crippen LogP contribution in [0.1, 0.15) is 43.6 Å². The van der Waals surface area contributed by atoms with Crippen molar-refractivity contribution in [1.82, 2.24) is 15.5 Å². The minimum absolute atomic E-state index is 0. The zero-order valence-electron chi connectivity index (χ0n) is 19.0. The largest absolute Gasteiger partial charge is 0.495 e. The molecular weight excluding hydrogens is 521 g/mol. The summed E-state index contributed by atoms with van der Waals surface area (Å²) in [5.41, 5.74) is 1.66. The molecule has 1 fully saturated rings. The minimum Gasteiger partial charge on any atom is -0.495 e. The highest BCUT2D eigenvalue weighted by molar-refractivity contribution is 14.0. The number of carbonyl (C=O) groups is 1. The number of piperidine rings is 1. The molecule has 176 valence electrons. The number of amides is 1. The number of carbonyl (C=O) groups excluding carboxylic acids is 1. The molecule has 3 rings (SSSR count).